The fourth-order valence-electron chi connectivity index (χ4n) is 2.92. The summed E-state index contributed by atoms with van der Waals surface area (Å²) in [6.45, 7) is 3.11. The van der Waals surface area contributed by atoms with E-state index >= 15 is 0 Å². The lowest BCUT2D eigenvalue weighted by atomic mass is 10.0. The van der Waals surface area contributed by atoms with Gasteiger partial charge >= 0.3 is 0 Å². The molecule has 1 aliphatic carbocycles. The summed E-state index contributed by atoms with van der Waals surface area (Å²) in [6.07, 6.45) is 4.92. The van der Waals surface area contributed by atoms with Crippen LogP contribution in [-0.2, 0) is 4.79 Å². The van der Waals surface area contributed by atoms with Gasteiger partial charge in [-0.15, -0.1) is 0 Å². The Bertz CT molecular complexity index is 297. The smallest absolute Gasteiger partial charge is 0.244 e. The van der Waals surface area contributed by atoms with Crippen molar-refractivity contribution in [1.29, 1.82) is 0 Å². The second-order valence-electron chi connectivity index (χ2n) is 5.42. The molecule has 1 N–H and O–H groups in total. The van der Waals surface area contributed by atoms with E-state index in [1.165, 1.54) is 24.3 Å². The lowest BCUT2D eigenvalue weighted by molar-refractivity contribution is -0.131. The molecule has 4 heteroatoms. The molecule has 1 spiro atoms. The molecule has 2 aliphatic heterocycles. The van der Waals surface area contributed by atoms with Crippen LogP contribution in [0.3, 0.4) is 0 Å². The molecule has 2 saturated heterocycles. The van der Waals surface area contributed by atoms with E-state index in [0.29, 0.717) is 5.91 Å². The average molecular weight is 240 g/mol. The van der Waals surface area contributed by atoms with Crippen LogP contribution in [0.2, 0.25) is 0 Å². The monoisotopic (exact) mass is 240 g/mol. The van der Waals surface area contributed by atoms with Crippen LogP contribution in [0, 0.1) is 5.92 Å². The molecule has 1 unspecified atom stereocenters. The van der Waals surface area contributed by atoms with Gasteiger partial charge in [-0.3, -0.25) is 10.1 Å². The highest BCUT2D eigenvalue weighted by Crippen LogP contribution is 2.42. The molecule has 3 fully saturated rings. The second-order valence-corrected chi connectivity index (χ2v) is 6.64. The van der Waals surface area contributed by atoms with E-state index in [1.54, 1.807) is 0 Å². The number of amides is 1. The predicted molar refractivity (Wildman–Crippen MR) is 66.3 cm³/mol. The highest BCUT2D eigenvalue weighted by Gasteiger charge is 2.58. The topological polar surface area (TPSA) is 32.3 Å². The van der Waals surface area contributed by atoms with Crippen molar-refractivity contribution in [2.24, 2.45) is 5.92 Å². The van der Waals surface area contributed by atoms with Gasteiger partial charge in [0.05, 0.1) is 11.7 Å². The summed E-state index contributed by atoms with van der Waals surface area (Å²) in [4.78, 5) is 14.3. The Kier molecular flexibility index (Phi) is 2.67. The Hall–Kier alpha value is -0.220. The van der Waals surface area contributed by atoms with E-state index in [9.17, 15) is 4.79 Å². The van der Waals surface area contributed by atoms with Crippen LogP contribution in [0.1, 0.15) is 32.6 Å². The quantitative estimate of drug-likeness (QED) is 0.793. The first-order valence-corrected chi connectivity index (χ1v) is 7.53. The molecule has 3 aliphatic rings. The average Bonchev–Trinajstić information content (AvgIpc) is 3.03. The summed E-state index contributed by atoms with van der Waals surface area (Å²) < 4.78 is 0. The standard InChI is InChI=1S/C12H20N2OS/c1-9-13-12(4-5-12)11(15)14(9)8-10-2-6-16-7-3-10/h9-10,13H,2-8H2,1H3. The number of hydrogen-bond acceptors (Lipinski definition) is 3. The molecule has 1 saturated carbocycles. The van der Waals surface area contributed by atoms with Crippen LogP contribution in [0.25, 0.3) is 0 Å². The van der Waals surface area contributed by atoms with E-state index in [4.69, 9.17) is 0 Å². The van der Waals surface area contributed by atoms with Crippen LogP contribution in [0.5, 0.6) is 0 Å². The van der Waals surface area contributed by atoms with E-state index in [-0.39, 0.29) is 11.7 Å². The maximum absolute atomic E-state index is 12.2. The Morgan fingerprint density at radius 2 is 2.12 bits per heavy atom. The molecule has 0 radical (unpaired) electrons. The Morgan fingerprint density at radius 1 is 1.44 bits per heavy atom. The zero-order valence-electron chi connectivity index (χ0n) is 9.87. The third kappa shape index (κ3) is 1.76. The maximum atomic E-state index is 12.2. The summed E-state index contributed by atoms with van der Waals surface area (Å²) >= 11 is 2.05. The molecule has 0 bridgehead atoms. The van der Waals surface area contributed by atoms with Gasteiger partial charge in [0, 0.05) is 6.54 Å². The van der Waals surface area contributed by atoms with Crippen LogP contribution in [0.4, 0.5) is 0 Å². The molecular weight excluding hydrogens is 220 g/mol. The van der Waals surface area contributed by atoms with Crippen molar-refractivity contribution < 1.29 is 4.79 Å². The molecule has 2 heterocycles. The minimum atomic E-state index is -0.122. The summed E-state index contributed by atoms with van der Waals surface area (Å²) in [6, 6.07) is 0. The molecule has 0 aromatic heterocycles. The lowest BCUT2D eigenvalue weighted by Gasteiger charge is -2.29. The number of carbonyl (C=O) groups is 1. The largest absolute Gasteiger partial charge is 0.326 e. The molecule has 0 aromatic carbocycles. The number of hydrogen-bond donors (Lipinski definition) is 1. The van der Waals surface area contributed by atoms with Crippen molar-refractivity contribution in [3.63, 3.8) is 0 Å². The number of carbonyl (C=O) groups excluding carboxylic acids is 1. The van der Waals surface area contributed by atoms with Crippen molar-refractivity contribution in [1.82, 2.24) is 10.2 Å². The molecule has 1 atom stereocenters. The van der Waals surface area contributed by atoms with Crippen molar-refractivity contribution in [2.75, 3.05) is 18.1 Å². The number of thioether (sulfide) groups is 1. The van der Waals surface area contributed by atoms with Crippen molar-refractivity contribution in [2.45, 2.75) is 44.3 Å². The predicted octanol–water partition coefficient (Wildman–Crippen LogP) is 1.44. The maximum Gasteiger partial charge on any atom is 0.244 e. The first-order chi connectivity index (χ1) is 7.71. The minimum Gasteiger partial charge on any atom is -0.326 e. The van der Waals surface area contributed by atoms with E-state index in [0.717, 1.165) is 25.3 Å². The lowest BCUT2D eigenvalue weighted by Crippen LogP contribution is -2.39. The van der Waals surface area contributed by atoms with Crippen LogP contribution in [-0.4, -0.2) is 40.6 Å². The van der Waals surface area contributed by atoms with E-state index in [2.05, 4.69) is 28.9 Å². The third-order valence-electron chi connectivity index (χ3n) is 4.17. The summed E-state index contributed by atoms with van der Waals surface area (Å²) in [7, 11) is 0. The second kappa shape index (κ2) is 3.91. The third-order valence-corrected chi connectivity index (χ3v) is 5.22. The van der Waals surface area contributed by atoms with Gasteiger partial charge in [0.2, 0.25) is 5.91 Å². The Morgan fingerprint density at radius 3 is 2.69 bits per heavy atom. The molecule has 0 aromatic rings. The van der Waals surface area contributed by atoms with E-state index < -0.39 is 0 Å². The van der Waals surface area contributed by atoms with Crippen molar-refractivity contribution in [3.8, 4) is 0 Å². The van der Waals surface area contributed by atoms with Gasteiger partial charge in [-0.05, 0) is 50.0 Å². The van der Waals surface area contributed by atoms with E-state index in [1.807, 2.05) is 0 Å². The van der Waals surface area contributed by atoms with Crippen LogP contribution < -0.4 is 5.32 Å². The first-order valence-electron chi connectivity index (χ1n) is 6.38. The summed E-state index contributed by atoms with van der Waals surface area (Å²) in [5.41, 5.74) is -0.122. The van der Waals surface area contributed by atoms with Gasteiger partial charge in [-0.1, -0.05) is 0 Å². The highest BCUT2D eigenvalue weighted by molar-refractivity contribution is 7.99. The normalized spacial score (nSPS) is 33.7. The van der Waals surface area contributed by atoms with Crippen LogP contribution >= 0.6 is 11.8 Å². The molecule has 16 heavy (non-hydrogen) atoms. The molecule has 90 valence electrons. The summed E-state index contributed by atoms with van der Waals surface area (Å²) in [5.74, 6) is 3.67. The number of nitrogens with one attached hydrogen (secondary N) is 1. The van der Waals surface area contributed by atoms with Gasteiger partial charge in [-0.2, -0.15) is 11.8 Å². The highest BCUT2D eigenvalue weighted by atomic mass is 32.2. The van der Waals surface area contributed by atoms with Crippen LogP contribution in [0.15, 0.2) is 0 Å². The van der Waals surface area contributed by atoms with Crippen molar-refractivity contribution >= 4 is 17.7 Å². The minimum absolute atomic E-state index is 0.122. The zero-order valence-corrected chi connectivity index (χ0v) is 10.7. The molecule has 1 amide bonds. The summed E-state index contributed by atoms with van der Waals surface area (Å²) in [5, 5.41) is 3.46. The number of nitrogens with zero attached hydrogens (tertiary/aromatic N) is 1. The molecule has 3 nitrogen and oxygen atoms in total. The SMILES string of the molecule is CC1NC2(CC2)C(=O)N1CC1CCSCC1. The van der Waals surface area contributed by atoms with Gasteiger partial charge in [0.25, 0.3) is 0 Å². The van der Waals surface area contributed by atoms with Crippen molar-refractivity contribution in [3.05, 3.63) is 0 Å². The fraction of sp³-hybridized carbons (Fsp3) is 0.917. The number of rotatable bonds is 2. The molecular formula is C12H20N2OS. The first kappa shape index (κ1) is 10.9. The van der Waals surface area contributed by atoms with Gasteiger partial charge in [0.15, 0.2) is 0 Å². The van der Waals surface area contributed by atoms with Gasteiger partial charge in [-0.25, -0.2) is 0 Å². The zero-order chi connectivity index (χ0) is 11.2. The molecule has 3 rings (SSSR count). The Balaban J connectivity index is 1.63. The van der Waals surface area contributed by atoms with Gasteiger partial charge in [0.1, 0.15) is 0 Å². The fourth-order valence-corrected chi connectivity index (χ4v) is 4.13. The Labute approximate surface area is 101 Å². The van der Waals surface area contributed by atoms with Gasteiger partial charge < -0.3 is 4.90 Å².